The predicted octanol–water partition coefficient (Wildman–Crippen LogP) is 3.86. The van der Waals surface area contributed by atoms with Crippen molar-refractivity contribution in [3.8, 4) is 11.1 Å². The van der Waals surface area contributed by atoms with Crippen molar-refractivity contribution in [3.05, 3.63) is 54.6 Å². The minimum absolute atomic E-state index is 0.0861. The van der Waals surface area contributed by atoms with E-state index in [9.17, 15) is 9.59 Å². The number of anilines is 1. The molecule has 9 nitrogen and oxygen atoms in total. The third-order valence-corrected chi connectivity index (χ3v) is 7.43. The number of para-hydroxylation sites is 1. The summed E-state index contributed by atoms with van der Waals surface area (Å²) in [4.78, 5) is 31.6. The molecule has 0 bridgehead atoms. The molecule has 39 heavy (non-hydrogen) atoms. The van der Waals surface area contributed by atoms with E-state index in [4.69, 9.17) is 9.84 Å². The molecule has 0 aromatic heterocycles. The summed E-state index contributed by atoms with van der Waals surface area (Å²) in [5, 5.41) is 15.0. The molecule has 0 saturated carbocycles. The number of carbonyl (C=O) groups excluding carboxylic acids is 2. The number of benzene rings is 2. The second-order valence-corrected chi connectivity index (χ2v) is 10.3. The Morgan fingerprint density at radius 1 is 0.846 bits per heavy atom. The summed E-state index contributed by atoms with van der Waals surface area (Å²) in [7, 11) is 0. The van der Waals surface area contributed by atoms with Gasteiger partial charge in [-0.25, -0.2) is 9.59 Å². The number of nitrogens with zero attached hydrogens (tertiary/aromatic N) is 3. The van der Waals surface area contributed by atoms with Crippen molar-refractivity contribution in [3.63, 3.8) is 0 Å². The molecule has 3 N–H and O–H groups in total. The molecule has 2 aliphatic heterocycles. The molecule has 2 heterocycles. The van der Waals surface area contributed by atoms with E-state index in [1.54, 1.807) is 0 Å². The topological polar surface area (TPSA) is 97.4 Å². The number of likely N-dealkylation sites (tertiary alicyclic amines) is 1. The molecule has 2 aromatic carbocycles. The standard InChI is InChI=1S/C30H43N5O4/c36-24-7-16-31-15-6-18-34-22-23-35(30(34)38)19-8-17-33-20-13-26(14-21-33)39-29(37)32-28-12-5-4-11-27(28)25-9-2-1-3-10-25/h1-5,9-12,26,31,36H,6-8,13-24H2,(H,32,37). The zero-order valence-corrected chi connectivity index (χ0v) is 22.9. The lowest BCUT2D eigenvalue weighted by atomic mass is 10.0. The quantitative estimate of drug-likeness (QED) is 0.317. The molecule has 0 radical (unpaired) electrons. The Kier molecular flexibility index (Phi) is 11.4. The van der Waals surface area contributed by atoms with Gasteiger partial charge in [0, 0.05) is 51.4 Å². The van der Waals surface area contributed by atoms with Gasteiger partial charge in [0.2, 0.25) is 0 Å². The molecule has 2 fully saturated rings. The van der Waals surface area contributed by atoms with E-state index in [2.05, 4.69) is 15.5 Å². The molecule has 2 saturated heterocycles. The van der Waals surface area contributed by atoms with E-state index in [-0.39, 0.29) is 18.7 Å². The zero-order valence-electron chi connectivity index (χ0n) is 22.9. The lowest BCUT2D eigenvalue weighted by Gasteiger charge is -2.32. The Morgan fingerprint density at radius 3 is 2.26 bits per heavy atom. The normalized spacial score (nSPS) is 16.6. The number of hydrogen-bond donors (Lipinski definition) is 3. The van der Waals surface area contributed by atoms with E-state index in [0.717, 1.165) is 108 Å². The lowest BCUT2D eigenvalue weighted by molar-refractivity contribution is 0.0581. The minimum atomic E-state index is -0.408. The second-order valence-electron chi connectivity index (χ2n) is 10.3. The van der Waals surface area contributed by atoms with E-state index < -0.39 is 6.09 Å². The number of amides is 3. The number of carbonyl (C=O) groups is 2. The highest BCUT2D eigenvalue weighted by Gasteiger charge is 2.28. The number of aliphatic hydroxyl groups excluding tert-OH is 1. The third kappa shape index (κ3) is 8.95. The fraction of sp³-hybridized carbons (Fsp3) is 0.533. The van der Waals surface area contributed by atoms with Crippen molar-refractivity contribution in [2.45, 2.75) is 38.2 Å². The van der Waals surface area contributed by atoms with Gasteiger partial charge in [-0.3, -0.25) is 5.32 Å². The Balaban J connectivity index is 1.10. The van der Waals surface area contributed by atoms with Crippen LogP contribution in [0.4, 0.5) is 15.3 Å². The SMILES string of the molecule is O=C(Nc1ccccc1-c1ccccc1)OC1CCN(CCCN2CCN(CCCNCCCO)C2=O)CC1. The number of nitrogens with one attached hydrogen (secondary N) is 2. The highest BCUT2D eigenvalue weighted by Crippen LogP contribution is 2.28. The van der Waals surface area contributed by atoms with Gasteiger partial charge < -0.3 is 29.9 Å². The van der Waals surface area contributed by atoms with E-state index in [1.165, 1.54) is 0 Å². The van der Waals surface area contributed by atoms with Crippen LogP contribution in [0.15, 0.2) is 54.6 Å². The van der Waals surface area contributed by atoms with E-state index in [1.807, 2.05) is 64.4 Å². The molecule has 0 aliphatic carbocycles. The number of aliphatic hydroxyl groups is 1. The van der Waals surface area contributed by atoms with Gasteiger partial charge >= 0.3 is 12.1 Å². The van der Waals surface area contributed by atoms with Crippen LogP contribution < -0.4 is 10.6 Å². The Morgan fingerprint density at radius 2 is 1.51 bits per heavy atom. The van der Waals surface area contributed by atoms with Crippen molar-refractivity contribution in [2.75, 3.05) is 70.8 Å². The predicted molar refractivity (Wildman–Crippen MR) is 154 cm³/mol. The van der Waals surface area contributed by atoms with Crippen molar-refractivity contribution in [1.82, 2.24) is 20.0 Å². The van der Waals surface area contributed by atoms with Crippen molar-refractivity contribution >= 4 is 17.8 Å². The minimum Gasteiger partial charge on any atom is -0.446 e. The molecule has 2 aromatic rings. The number of hydrogen-bond acceptors (Lipinski definition) is 6. The average Bonchev–Trinajstić information content (AvgIpc) is 3.31. The number of ether oxygens (including phenoxy) is 1. The van der Waals surface area contributed by atoms with E-state index >= 15 is 0 Å². The smallest absolute Gasteiger partial charge is 0.411 e. The van der Waals surface area contributed by atoms with Gasteiger partial charge in [0.05, 0.1) is 5.69 Å². The summed E-state index contributed by atoms with van der Waals surface area (Å²) in [6.45, 7) is 7.78. The summed E-state index contributed by atoms with van der Waals surface area (Å²) in [6, 6.07) is 17.9. The van der Waals surface area contributed by atoms with Crippen LogP contribution in [-0.4, -0.2) is 104 Å². The lowest BCUT2D eigenvalue weighted by Crippen LogP contribution is -2.40. The van der Waals surface area contributed by atoms with Crippen LogP contribution in [0.1, 0.15) is 32.1 Å². The maximum absolute atomic E-state index is 12.7. The highest BCUT2D eigenvalue weighted by atomic mass is 16.6. The first kappa shape index (κ1) is 28.9. The zero-order chi connectivity index (χ0) is 27.3. The van der Waals surface area contributed by atoms with Gasteiger partial charge in [-0.15, -0.1) is 0 Å². The van der Waals surface area contributed by atoms with Crippen molar-refractivity contribution < 1.29 is 19.4 Å². The summed E-state index contributed by atoms with van der Waals surface area (Å²) in [5.41, 5.74) is 2.76. The molecule has 9 heteroatoms. The second kappa shape index (κ2) is 15.5. The van der Waals surface area contributed by atoms with Gasteiger partial charge in [0.1, 0.15) is 6.10 Å². The first-order valence-corrected chi connectivity index (χ1v) is 14.3. The summed E-state index contributed by atoms with van der Waals surface area (Å²) in [6.07, 6.45) is 3.78. The van der Waals surface area contributed by atoms with E-state index in [0.29, 0.717) is 0 Å². The Bertz CT molecular complexity index is 1030. The largest absolute Gasteiger partial charge is 0.446 e. The first-order chi connectivity index (χ1) is 19.1. The molecule has 212 valence electrons. The Hall–Kier alpha value is -3.14. The molecule has 3 amide bonds. The number of rotatable bonds is 14. The molecular weight excluding hydrogens is 494 g/mol. The van der Waals surface area contributed by atoms with Crippen LogP contribution in [-0.2, 0) is 4.74 Å². The van der Waals surface area contributed by atoms with Crippen LogP contribution in [0, 0.1) is 0 Å². The molecule has 0 spiro atoms. The fourth-order valence-electron chi connectivity index (χ4n) is 5.26. The molecule has 0 unspecified atom stereocenters. The maximum Gasteiger partial charge on any atom is 0.411 e. The van der Waals surface area contributed by atoms with Gasteiger partial charge in [-0.1, -0.05) is 48.5 Å². The maximum atomic E-state index is 12.7. The Labute approximate surface area is 232 Å². The van der Waals surface area contributed by atoms with Gasteiger partial charge in [-0.05, 0) is 63.4 Å². The summed E-state index contributed by atoms with van der Waals surface area (Å²) in [5.74, 6) is 0. The van der Waals surface area contributed by atoms with Crippen LogP contribution in [0.5, 0.6) is 0 Å². The summed E-state index contributed by atoms with van der Waals surface area (Å²) < 4.78 is 5.75. The van der Waals surface area contributed by atoms with Gasteiger partial charge in [-0.2, -0.15) is 0 Å². The van der Waals surface area contributed by atoms with Crippen LogP contribution >= 0.6 is 0 Å². The van der Waals surface area contributed by atoms with Crippen molar-refractivity contribution in [2.24, 2.45) is 0 Å². The molecule has 4 rings (SSSR count). The van der Waals surface area contributed by atoms with Crippen LogP contribution in [0.25, 0.3) is 11.1 Å². The fourth-order valence-corrected chi connectivity index (χ4v) is 5.26. The molecular formula is C30H43N5O4. The highest BCUT2D eigenvalue weighted by molar-refractivity contribution is 5.91. The monoisotopic (exact) mass is 537 g/mol. The average molecular weight is 538 g/mol. The van der Waals surface area contributed by atoms with Crippen LogP contribution in [0.2, 0.25) is 0 Å². The molecule has 0 atom stereocenters. The van der Waals surface area contributed by atoms with Gasteiger partial charge in [0.15, 0.2) is 0 Å². The first-order valence-electron chi connectivity index (χ1n) is 14.3. The van der Waals surface area contributed by atoms with Gasteiger partial charge in [0.25, 0.3) is 0 Å². The summed E-state index contributed by atoms with van der Waals surface area (Å²) >= 11 is 0. The third-order valence-electron chi connectivity index (χ3n) is 7.43. The number of piperidine rings is 1. The van der Waals surface area contributed by atoms with Crippen LogP contribution in [0.3, 0.4) is 0 Å². The molecule has 2 aliphatic rings. The van der Waals surface area contributed by atoms with Crippen molar-refractivity contribution in [1.29, 1.82) is 0 Å². The number of urea groups is 1.